The second-order valence-electron chi connectivity index (χ2n) is 6.64. The van der Waals surface area contributed by atoms with Gasteiger partial charge in [0.05, 0.1) is 11.4 Å². The lowest BCUT2D eigenvalue weighted by Crippen LogP contribution is -2.46. The third-order valence-corrected chi connectivity index (χ3v) is 6.24. The van der Waals surface area contributed by atoms with E-state index in [0.29, 0.717) is 5.56 Å². The van der Waals surface area contributed by atoms with E-state index in [4.69, 9.17) is 0 Å². The highest BCUT2D eigenvalue weighted by atomic mass is 32.2. The van der Waals surface area contributed by atoms with Crippen LogP contribution in [-0.4, -0.2) is 38.1 Å². The van der Waals surface area contributed by atoms with Crippen molar-refractivity contribution in [2.45, 2.75) is 11.8 Å². The molecule has 3 aromatic rings. The van der Waals surface area contributed by atoms with Crippen LogP contribution in [0.1, 0.15) is 15.9 Å². The first-order valence-electron chi connectivity index (χ1n) is 8.88. The van der Waals surface area contributed by atoms with Gasteiger partial charge in [0, 0.05) is 12.6 Å². The van der Waals surface area contributed by atoms with E-state index < -0.39 is 28.4 Å². The van der Waals surface area contributed by atoms with E-state index in [1.807, 2.05) is 37.3 Å². The molecule has 2 N–H and O–H groups in total. The van der Waals surface area contributed by atoms with Gasteiger partial charge in [0.25, 0.3) is 11.8 Å². The van der Waals surface area contributed by atoms with Gasteiger partial charge in [-0.25, -0.2) is 8.42 Å². The molecule has 3 aromatic carbocycles. The number of fused-ring (bicyclic) bond motifs is 1. The predicted octanol–water partition coefficient (Wildman–Crippen LogP) is 2.23. The monoisotopic (exact) mass is 411 g/mol. The first-order chi connectivity index (χ1) is 13.8. The van der Waals surface area contributed by atoms with Gasteiger partial charge in [-0.05, 0) is 42.0 Å². The van der Waals surface area contributed by atoms with Crippen molar-refractivity contribution in [1.29, 1.82) is 0 Å². The summed E-state index contributed by atoms with van der Waals surface area (Å²) in [5.41, 5.74) is 5.87. The molecule has 3 rings (SSSR count). The van der Waals surface area contributed by atoms with Crippen molar-refractivity contribution in [2.75, 3.05) is 13.6 Å². The summed E-state index contributed by atoms with van der Waals surface area (Å²) in [6.07, 6.45) is 0. The fourth-order valence-corrected chi connectivity index (χ4v) is 3.87. The number of hydrazine groups is 1. The van der Waals surface area contributed by atoms with Crippen molar-refractivity contribution >= 4 is 32.6 Å². The highest BCUT2D eigenvalue weighted by Crippen LogP contribution is 2.16. The van der Waals surface area contributed by atoms with Crippen molar-refractivity contribution in [2.24, 2.45) is 0 Å². The standard InChI is InChI=1S/C21H21N3O4S/c1-15-7-11-19(12-8-15)29(27,28)24(2)14-20(25)22-23-21(26)18-10-9-16-5-3-4-6-17(16)13-18/h3-13H,14H2,1-2H3,(H,22,25)(H,23,26). The minimum absolute atomic E-state index is 0.0959. The number of hydrogen-bond donors (Lipinski definition) is 2. The van der Waals surface area contributed by atoms with Gasteiger partial charge in [-0.2, -0.15) is 4.31 Å². The van der Waals surface area contributed by atoms with Crippen molar-refractivity contribution in [1.82, 2.24) is 15.2 Å². The Bertz CT molecular complexity index is 1160. The van der Waals surface area contributed by atoms with Crippen LogP contribution in [0.15, 0.2) is 71.6 Å². The van der Waals surface area contributed by atoms with E-state index in [2.05, 4.69) is 10.9 Å². The Balaban J connectivity index is 1.59. The van der Waals surface area contributed by atoms with Gasteiger partial charge in [0.2, 0.25) is 10.0 Å². The van der Waals surface area contributed by atoms with Crippen LogP contribution in [0.5, 0.6) is 0 Å². The summed E-state index contributed by atoms with van der Waals surface area (Å²) in [5, 5.41) is 1.89. The lowest BCUT2D eigenvalue weighted by atomic mass is 10.1. The Morgan fingerprint density at radius 3 is 2.24 bits per heavy atom. The topological polar surface area (TPSA) is 95.6 Å². The molecular weight excluding hydrogens is 390 g/mol. The highest BCUT2D eigenvalue weighted by Gasteiger charge is 2.23. The minimum atomic E-state index is -3.81. The summed E-state index contributed by atoms with van der Waals surface area (Å²) < 4.78 is 26.0. The lowest BCUT2D eigenvalue weighted by Gasteiger charge is -2.17. The molecule has 8 heteroatoms. The smallest absolute Gasteiger partial charge is 0.269 e. The van der Waals surface area contributed by atoms with Gasteiger partial charge in [0.15, 0.2) is 0 Å². The molecule has 0 heterocycles. The van der Waals surface area contributed by atoms with E-state index in [9.17, 15) is 18.0 Å². The number of carbonyl (C=O) groups excluding carboxylic acids is 2. The molecule has 0 aliphatic carbocycles. The summed E-state index contributed by atoms with van der Waals surface area (Å²) in [4.78, 5) is 24.5. The zero-order chi connectivity index (χ0) is 21.0. The molecule has 0 spiro atoms. The molecule has 0 saturated carbocycles. The number of hydrogen-bond acceptors (Lipinski definition) is 4. The van der Waals surface area contributed by atoms with E-state index in [0.717, 1.165) is 20.6 Å². The van der Waals surface area contributed by atoms with Crippen LogP contribution in [0, 0.1) is 6.92 Å². The van der Waals surface area contributed by atoms with E-state index in [1.165, 1.54) is 19.2 Å². The largest absolute Gasteiger partial charge is 0.272 e. The van der Waals surface area contributed by atoms with Crippen molar-refractivity contribution < 1.29 is 18.0 Å². The normalized spacial score (nSPS) is 11.4. The van der Waals surface area contributed by atoms with Crippen molar-refractivity contribution in [3.63, 3.8) is 0 Å². The molecule has 2 amide bonds. The van der Waals surface area contributed by atoms with Crippen molar-refractivity contribution in [3.8, 4) is 0 Å². The van der Waals surface area contributed by atoms with Crippen LogP contribution in [0.25, 0.3) is 10.8 Å². The molecule has 0 aromatic heterocycles. The molecule has 0 fully saturated rings. The second kappa shape index (κ2) is 8.42. The minimum Gasteiger partial charge on any atom is -0.272 e. The Kier molecular flexibility index (Phi) is 5.95. The first kappa shape index (κ1) is 20.5. The van der Waals surface area contributed by atoms with Gasteiger partial charge in [-0.3, -0.25) is 20.4 Å². The van der Waals surface area contributed by atoms with Gasteiger partial charge >= 0.3 is 0 Å². The molecule has 0 atom stereocenters. The lowest BCUT2D eigenvalue weighted by molar-refractivity contribution is -0.121. The molecule has 7 nitrogen and oxygen atoms in total. The van der Waals surface area contributed by atoms with Crippen LogP contribution in [-0.2, 0) is 14.8 Å². The number of sulfonamides is 1. The summed E-state index contributed by atoms with van der Waals surface area (Å²) >= 11 is 0. The number of nitrogens with zero attached hydrogens (tertiary/aromatic N) is 1. The fraction of sp³-hybridized carbons (Fsp3) is 0.143. The van der Waals surface area contributed by atoms with Crippen LogP contribution >= 0.6 is 0 Å². The average molecular weight is 411 g/mol. The van der Waals surface area contributed by atoms with E-state index >= 15 is 0 Å². The number of amides is 2. The molecule has 0 aliphatic rings. The fourth-order valence-electron chi connectivity index (χ4n) is 2.75. The van der Waals surface area contributed by atoms with Gasteiger partial charge in [-0.1, -0.05) is 48.0 Å². The Hall–Kier alpha value is -3.23. The third-order valence-electron chi connectivity index (χ3n) is 4.42. The van der Waals surface area contributed by atoms with Crippen molar-refractivity contribution in [3.05, 3.63) is 77.9 Å². The second-order valence-corrected chi connectivity index (χ2v) is 8.68. The number of carbonyl (C=O) groups is 2. The van der Waals surface area contributed by atoms with Gasteiger partial charge in [-0.15, -0.1) is 0 Å². The Morgan fingerprint density at radius 2 is 1.55 bits per heavy atom. The highest BCUT2D eigenvalue weighted by molar-refractivity contribution is 7.89. The van der Waals surface area contributed by atoms with E-state index in [-0.39, 0.29) is 4.90 Å². The molecule has 29 heavy (non-hydrogen) atoms. The average Bonchev–Trinajstić information content (AvgIpc) is 2.71. The van der Waals surface area contributed by atoms with Gasteiger partial charge in [0.1, 0.15) is 0 Å². The number of aryl methyl sites for hydroxylation is 1. The number of likely N-dealkylation sites (N-methyl/N-ethyl adjacent to an activating group) is 1. The molecule has 150 valence electrons. The molecule has 0 bridgehead atoms. The number of benzene rings is 3. The maximum Gasteiger partial charge on any atom is 0.269 e. The molecular formula is C21H21N3O4S. The molecule has 0 saturated heterocycles. The van der Waals surface area contributed by atoms with Gasteiger partial charge < -0.3 is 0 Å². The summed E-state index contributed by atoms with van der Waals surface area (Å²) in [5.74, 6) is -1.15. The maximum absolute atomic E-state index is 12.5. The van der Waals surface area contributed by atoms with E-state index in [1.54, 1.807) is 24.3 Å². The Morgan fingerprint density at radius 1 is 0.897 bits per heavy atom. The molecule has 0 unspecified atom stereocenters. The van der Waals surface area contributed by atoms with Crippen LogP contribution in [0.4, 0.5) is 0 Å². The van der Waals surface area contributed by atoms with Crippen LogP contribution < -0.4 is 10.9 Å². The predicted molar refractivity (Wildman–Crippen MR) is 111 cm³/mol. The number of nitrogens with one attached hydrogen (secondary N) is 2. The quantitative estimate of drug-likeness (QED) is 0.630. The molecule has 0 radical (unpaired) electrons. The zero-order valence-electron chi connectivity index (χ0n) is 16.0. The summed E-state index contributed by atoms with van der Waals surface area (Å²) in [7, 11) is -2.50. The SMILES string of the molecule is Cc1ccc(S(=O)(=O)N(C)CC(=O)NNC(=O)c2ccc3ccccc3c2)cc1. The van der Waals surface area contributed by atoms with Crippen LogP contribution in [0.3, 0.4) is 0 Å². The first-order valence-corrected chi connectivity index (χ1v) is 10.3. The molecule has 0 aliphatic heterocycles. The zero-order valence-corrected chi connectivity index (χ0v) is 16.9. The Labute approximate surface area is 169 Å². The summed E-state index contributed by atoms with van der Waals surface area (Å²) in [6.45, 7) is 1.42. The number of rotatable bonds is 5. The van der Waals surface area contributed by atoms with Crippen LogP contribution in [0.2, 0.25) is 0 Å². The maximum atomic E-state index is 12.5. The summed E-state index contributed by atoms with van der Waals surface area (Å²) in [6, 6.07) is 19.1. The third kappa shape index (κ3) is 4.79.